The van der Waals surface area contributed by atoms with Gasteiger partial charge in [0.25, 0.3) is 0 Å². The minimum Gasteiger partial charge on any atom is -0.495 e. The monoisotopic (exact) mass is 281 g/mol. The van der Waals surface area contributed by atoms with Gasteiger partial charge in [-0.3, -0.25) is 0 Å². The normalized spacial score (nSPS) is 19.5. The summed E-state index contributed by atoms with van der Waals surface area (Å²) in [6, 6.07) is 0.593. The molecule has 1 saturated heterocycles. The summed E-state index contributed by atoms with van der Waals surface area (Å²) in [4.78, 5) is 0. The highest BCUT2D eigenvalue weighted by molar-refractivity contribution is 6.33. The van der Waals surface area contributed by atoms with Crippen LogP contribution in [-0.4, -0.2) is 19.7 Å². The number of ether oxygens (including phenoxy) is 1. The third-order valence-corrected chi connectivity index (χ3v) is 4.86. The maximum Gasteiger partial charge on any atom is 0.140 e. The van der Waals surface area contributed by atoms with Crippen LogP contribution in [-0.2, 0) is 6.42 Å². The molecule has 1 N–H and O–H groups in total. The van der Waals surface area contributed by atoms with Crippen molar-refractivity contribution < 1.29 is 4.74 Å². The van der Waals surface area contributed by atoms with Crippen molar-refractivity contribution in [2.24, 2.45) is 0 Å². The molecule has 0 bridgehead atoms. The number of methoxy groups -OCH3 is 1. The second-order valence-electron chi connectivity index (χ2n) is 5.55. The topological polar surface area (TPSA) is 21.3 Å². The van der Waals surface area contributed by atoms with Crippen molar-refractivity contribution in [2.75, 3.05) is 13.7 Å². The van der Waals surface area contributed by atoms with Crippen LogP contribution < -0.4 is 10.1 Å². The van der Waals surface area contributed by atoms with Gasteiger partial charge in [-0.2, -0.15) is 0 Å². The Balaban J connectivity index is 2.34. The molecule has 106 valence electrons. The summed E-state index contributed by atoms with van der Waals surface area (Å²) in [6.45, 7) is 7.53. The summed E-state index contributed by atoms with van der Waals surface area (Å²) in [6.07, 6.45) is 4.97. The first-order chi connectivity index (χ1) is 9.06. The highest BCUT2D eigenvalue weighted by Gasteiger charge is 2.20. The van der Waals surface area contributed by atoms with Crippen LogP contribution >= 0.6 is 11.6 Å². The van der Waals surface area contributed by atoms with Crippen molar-refractivity contribution in [2.45, 2.75) is 52.5 Å². The molecule has 0 saturated carbocycles. The molecule has 1 unspecified atom stereocenters. The van der Waals surface area contributed by atoms with E-state index in [1.165, 1.54) is 41.5 Å². The van der Waals surface area contributed by atoms with E-state index >= 15 is 0 Å². The maximum absolute atomic E-state index is 6.45. The van der Waals surface area contributed by atoms with E-state index in [1.54, 1.807) is 7.11 Å². The standard InChI is InChI=1S/C16H24ClNO/c1-10-11(2)16(19-4)15(17)12(3)14(10)9-13-7-5-6-8-18-13/h13,18H,5-9H2,1-4H3. The molecule has 0 spiro atoms. The SMILES string of the molecule is COc1c(C)c(C)c(CC2CCCCN2)c(C)c1Cl. The molecule has 1 fully saturated rings. The van der Waals surface area contributed by atoms with E-state index in [1.807, 2.05) is 0 Å². The van der Waals surface area contributed by atoms with Gasteiger partial charge in [0.2, 0.25) is 0 Å². The van der Waals surface area contributed by atoms with Crippen molar-refractivity contribution in [1.82, 2.24) is 5.32 Å². The molecular weight excluding hydrogens is 258 g/mol. The highest BCUT2D eigenvalue weighted by atomic mass is 35.5. The number of hydrogen-bond acceptors (Lipinski definition) is 2. The molecular formula is C16H24ClNO. The zero-order chi connectivity index (χ0) is 14.0. The van der Waals surface area contributed by atoms with Gasteiger partial charge in [0, 0.05) is 6.04 Å². The van der Waals surface area contributed by atoms with Crippen molar-refractivity contribution in [1.29, 1.82) is 0 Å². The molecule has 1 heterocycles. The van der Waals surface area contributed by atoms with Crippen LogP contribution in [0.25, 0.3) is 0 Å². The molecule has 1 aromatic rings. The van der Waals surface area contributed by atoms with Crippen LogP contribution in [0.1, 0.15) is 41.5 Å². The lowest BCUT2D eigenvalue weighted by Gasteiger charge is -2.26. The lowest BCUT2D eigenvalue weighted by atomic mass is 9.90. The van der Waals surface area contributed by atoms with E-state index < -0.39 is 0 Å². The zero-order valence-electron chi connectivity index (χ0n) is 12.4. The predicted octanol–water partition coefficient (Wildman–Crippen LogP) is 3.96. The van der Waals surface area contributed by atoms with Gasteiger partial charge in [0.05, 0.1) is 12.1 Å². The van der Waals surface area contributed by atoms with Gasteiger partial charge in [-0.05, 0) is 68.8 Å². The quantitative estimate of drug-likeness (QED) is 0.905. The summed E-state index contributed by atoms with van der Waals surface area (Å²) in [7, 11) is 1.69. The molecule has 2 rings (SSSR count). The molecule has 0 radical (unpaired) electrons. The highest BCUT2D eigenvalue weighted by Crippen LogP contribution is 2.37. The van der Waals surface area contributed by atoms with E-state index in [0.717, 1.165) is 23.7 Å². The van der Waals surface area contributed by atoms with Gasteiger partial charge in [0.15, 0.2) is 0 Å². The third kappa shape index (κ3) is 2.90. The zero-order valence-corrected chi connectivity index (χ0v) is 13.2. The van der Waals surface area contributed by atoms with E-state index in [9.17, 15) is 0 Å². The van der Waals surface area contributed by atoms with Crippen LogP contribution in [0.4, 0.5) is 0 Å². The first-order valence-electron chi connectivity index (χ1n) is 7.11. The van der Waals surface area contributed by atoms with Crippen LogP contribution in [0.2, 0.25) is 5.02 Å². The summed E-state index contributed by atoms with van der Waals surface area (Å²) in [5, 5.41) is 4.39. The molecule has 1 atom stereocenters. The summed E-state index contributed by atoms with van der Waals surface area (Å²) in [5.41, 5.74) is 5.06. The van der Waals surface area contributed by atoms with Crippen LogP contribution in [0.5, 0.6) is 5.75 Å². The van der Waals surface area contributed by atoms with E-state index in [0.29, 0.717) is 6.04 Å². The Kier molecular flexibility index (Phi) is 4.75. The van der Waals surface area contributed by atoms with Crippen LogP contribution in [0.15, 0.2) is 0 Å². The summed E-state index contributed by atoms with van der Waals surface area (Å²) < 4.78 is 5.43. The van der Waals surface area contributed by atoms with Crippen LogP contribution in [0, 0.1) is 20.8 Å². The Hall–Kier alpha value is -0.730. The first-order valence-corrected chi connectivity index (χ1v) is 7.49. The fourth-order valence-corrected chi connectivity index (χ4v) is 3.37. The maximum atomic E-state index is 6.45. The summed E-state index contributed by atoms with van der Waals surface area (Å²) >= 11 is 6.45. The van der Waals surface area contributed by atoms with Crippen LogP contribution in [0.3, 0.4) is 0 Å². The molecule has 0 aromatic heterocycles. The van der Waals surface area contributed by atoms with Gasteiger partial charge in [-0.25, -0.2) is 0 Å². The molecule has 0 aliphatic carbocycles. The molecule has 0 amide bonds. The average molecular weight is 282 g/mol. The molecule has 1 aromatic carbocycles. The molecule has 2 nitrogen and oxygen atoms in total. The average Bonchev–Trinajstić information content (AvgIpc) is 2.43. The fourth-order valence-electron chi connectivity index (χ4n) is 3.04. The second-order valence-corrected chi connectivity index (χ2v) is 5.93. The predicted molar refractivity (Wildman–Crippen MR) is 81.6 cm³/mol. The third-order valence-electron chi connectivity index (χ3n) is 4.40. The Morgan fingerprint density at radius 2 is 1.89 bits per heavy atom. The van der Waals surface area contributed by atoms with E-state index in [-0.39, 0.29) is 0 Å². The summed E-state index contributed by atoms with van der Waals surface area (Å²) in [5.74, 6) is 0.831. The smallest absolute Gasteiger partial charge is 0.140 e. The number of hydrogen-bond donors (Lipinski definition) is 1. The Bertz CT molecular complexity index is 435. The second kappa shape index (κ2) is 6.15. The molecule has 1 aliphatic rings. The van der Waals surface area contributed by atoms with E-state index in [4.69, 9.17) is 16.3 Å². The van der Waals surface area contributed by atoms with Crippen molar-refractivity contribution in [3.8, 4) is 5.75 Å². The number of halogens is 1. The van der Waals surface area contributed by atoms with Crippen molar-refractivity contribution >= 4 is 11.6 Å². The molecule has 1 aliphatic heterocycles. The Labute approximate surface area is 121 Å². The van der Waals surface area contributed by atoms with Crippen molar-refractivity contribution in [3.63, 3.8) is 0 Å². The lowest BCUT2D eigenvalue weighted by Crippen LogP contribution is -2.36. The van der Waals surface area contributed by atoms with Gasteiger partial charge in [0.1, 0.15) is 5.75 Å². The Morgan fingerprint density at radius 3 is 2.47 bits per heavy atom. The molecule has 19 heavy (non-hydrogen) atoms. The fraction of sp³-hybridized carbons (Fsp3) is 0.625. The number of nitrogens with one attached hydrogen (secondary N) is 1. The van der Waals surface area contributed by atoms with Gasteiger partial charge >= 0.3 is 0 Å². The Morgan fingerprint density at radius 1 is 1.16 bits per heavy atom. The minimum atomic E-state index is 0.593. The largest absolute Gasteiger partial charge is 0.495 e. The number of piperidine rings is 1. The number of rotatable bonds is 3. The van der Waals surface area contributed by atoms with Crippen molar-refractivity contribution in [3.05, 3.63) is 27.3 Å². The van der Waals surface area contributed by atoms with Gasteiger partial charge in [-0.1, -0.05) is 18.0 Å². The minimum absolute atomic E-state index is 0.593. The lowest BCUT2D eigenvalue weighted by molar-refractivity contribution is 0.396. The first kappa shape index (κ1) is 14.7. The molecule has 3 heteroatoms. The number of benzene rings is 1. The van der Waals surface area contributed by atoms with Gasteiger partial charge < -0.3 is 10.1 Å². The van der Waals surface area contributed by atoms with Gasteiger partial charge in [-0.15, -0.1) is 0 Å². The van der Waals surface area contributed by atoms with E-state index in [2.05, 4.69) is 26.1 Å².